The van der Waals surface area contributed by atoms with E-state index in [2.05, 4.69) is 11.6 Å². The van der Waals surface area contributed by atoms with Crippen LogP contribution in [0.4, 0.5) is 13.2 Å². The van der Waals surface area contributed by atoms with Gasteiger partial charge in [0.15, 0.2) is 0 Å². The number of rotatable bonds is 1. The van der Waals surface area contributed by atoms with Crippen molar-refractivity contribution < 1.29 is 13.2 Å². The first-order valence-corrected chi connectivity index (χ1v) is 2.46. The maximum absolute atomic E-state index is 11.7. The highest BCUT2D eigenvalue weighted by Crippen LogP contribution is 2.50. The zero-order valence-corrected chi connectivity index (χ0v) is 4.55. The van der Waals surface area contributed by atoms with Crippen molar-refractivity contribution in [3.63, 3.8) is 0 Å². The zero-order valence-electron chi connectivity index (χ0n) is 3.80. The Morgan fingerprint density at radius 2 is 2.00 bits per heavy atom. The molecule has 4 heteroatoms. The summed E-state index contributed by atoms with van der Waals surface area (Å²) in [6.45, 7) is 0. The van der Waals surface area contributed by atoms with E-state index in [1.807, 2.05) is 0 Å². The smallest absolute Gasteiger partial charge is 0.247 e. The molecule has 0 nitrogen and oxygen atoms in total. The van der Waals surface area contributed by atoms with E-state index < -0.39 is 17.5 Å². The van der Waals surface area contributed by atoms with Gasteiger partial charge in [0, 0.05) is 0 Å². The van der Waals surface area contributed by atoms with E-state index >= 15 is 0 Å². The van der Waals surface area contributed by atoms with Gasteiger partial charge in [-0.25, -0.2) is 4.39 Å². The number of hydrogen-bond acceptors (Lipinski definition) is 0. The van der Waals surface area contributed by atoms with Crippen molar-refractivity contribution in [2.45, 2.75) is 18.0 Å². The fourth-order valence-electron chi connectivity index (χ4n) is 0.427. The van der Waals surface area contributed by atoms with Gasteiger partial charge in [-0.1, -0.05) is 0 Å². The highest BCUT2D eigenvalue weighted by Gasteiger charge is 2.55. The molecule has 1 fully saturated rings. The van der Waals surface area contributed by atoms with E-state index in [4.69, 9.17) is 0 Å². The molecule has 0 bridgehead atoms. The Morgan fingerprint density at radius 1 is 1.62 bits per heavy atom. The Labute approximate surface area is 49.6 Å². The minimum absolute atomic E-state index is 0.170. The van der Waals surface area contributed by atoms with Crippen molar-refractivity contribution in [2.75, 3.05) is 0 Å². The van der Waals surface area contributed by atoms with Crippen LogP contribution in [0.1, 0.15) is 6.42 Å². The second-order valence-electron chi connectivity index (χ2n) is 1.69. The Hall–Kier alpha value is 0.0800. The molecule has 0 aliphatic heterocycles. The molecule has 0 aromatic rings. The summed E-state index contributed by atoms with van der Waals surface area (Å²) in [4.78, 5) is 0. The average molecular weight is 144 g/mol. The van der Waals surface area contributed by atoms with Crippen molar-refractivity contribution in [1.29, 1.82) is 0 Å². The molecular weight excluding hydrogens is 140 g/mol. The monoisotopic (exact) mass is 143 g/mol. The summed E-state index contributed by atoms with van der Waals surface area (Å²) >= 11 is 4.42. The SMILES string of the molecule is FC1C[C]1C(F)(F)Cl. The molecule has 1 rings (SSSR count). The summed E-state index contributed by atoms with van der Waals surface area (Å²) in [7, 11) is 0. The van der Waals surface area contributed by atoms with Gasteiger partial charge in [0.25, 0.3) is 0 Å². The minimum Gasteiger partial charge on any atom is -0.247 e. The summed E-state index contributed by atoms with van der Waals surface area (Å²) in [6.07, 6.45) is -1.63. The highest BCUT2D eigenvalue weighted by molar-refractivity contribution is 6.23. The van der Waals surface area contributed by atoms with Gasteiger partial charge in [-0.15, -0.1) is 0 Å². The first-order valence-electron chi connectivity index (χ1n) is 2.09. The molecule has 0 spiro atoms. The quantitative estimate of drug-likeness (QED) is 0.494. The second kappa shape index (κ2) is 1.53. The van der Waals surface area contributed by atoms with Crippen molar-refractivity contribution in [2.24, 2.45) is 0 Å². The van der Waals surface area contributed by atoms with Crippen LogP contribution in [-0.2, 0) is 0 Å². The Morgan fingerprint density at radius 3 is 2.00 bits per heavy atom. The lowest BCUT2D eigenvalue weighted by atomic mass is 10.4. The van der Waals surface area contributed by atoms with E-state index in [9.17, 15) is 13.2 Å². The van der Waals surface area contributed by atoms with E-state index in [1.54, 1.807) is 0 Å². The van der Waals surface area contributed by atoms with Crippen molar-refractivity contribution in [3.05, 3.63) is 5.92 Å². The molecule has 1 atom stereocenters. The van der Waals surface area contributed by atoms with Crippen LogP contribution in [-0.4, -0.2) is 11.6 Å². The van der Waals surface area contributed by atoms with Crippen LogP contribution in [0.25, 0.3) is 0 Å². The third-order valence-electron chi connectivity index (χ3n) is 0.981. The fraction of sp³-hybridized carbons (Fsp3) is 0.750. The fourth-order valence-corrected chi connectivity index (χ4v) is 0.623. The molecule has 0 aromatic heterocycles. The van der Waals surface area contributed by atoms with E-state index in [1.165, 1.54) is 0 Å². The van der Waals surface area contributed by atoms with Gasteiger partial charge in [-0.3, -0.25) is 0 Å². The summed E-state index contributed by atoms with van der Waals surface area (Å²) in [5.74, 6) is -0.487. The van der Waals surface area contributed by atoms with Gasteiger partial charge in [0.1, 0.15) is 6.17 Å². The number of hydrogen-bond donors (Lipinski definition) is 0. The normalized spacial score (nSPS) is 30.8. The molecule has 0 amide bonds. The summed E-state index contributed by atoms with van der Waals surface area (Å²) in [5, 5.41) is -3.40. The maximum atomic E-state index is 11.7. The van der Waals surface area contributed by atoms with Crippen LogP contribution in [0.15, 0.2) is 0 Å². The van der Waals surface area contributed by atoms with Crippen molar-refractivity contribution >= 4 is 11.6 Å². The molecule has 0 heterocycles. The molecule has 47 valence electrons. The molecule has 0 N–H and O–H groups in total. The number of alkyl halides is 4. The molecular formula is C4H3ClF3. The third-order valence-corrected chi connectivity index (χ3v) is 1.22. The van der Waals surface area contributed by atoms with Crippen molar-refractivity contribution in [1.82, 2.24) is 0 Å². The van der Waals surface area contributed by atoms with Gasteiger partial charge in [0.05, 0.1) is 5.92 Å². The van der Waals surface area contributed by atoms with Gasteiger partial charge in [0.2, 0.25) is 0 Å². The number of halogens is 4. The molecule has 8 heavy (non-hydrogen) atoms. The largest absolute Gasteiger partial charge is 0.331 e. The van der Waals surface area contributed by atoms with E-state index in [0.29, 0.717) is 0 Å². The van der Waals surface area contributed by atoms with Gasteiger partial charge in [-0.2, -0.15) is 8.78 Å². The van der Waals surface area contributed by atoms with Crippen LogP contribution in [0.2, 0.25) is 0 Å². The maximum Gasteiger partial charge on any atom is 0.331 e. The molecule has 0 saturated heterocycles. The molecule has 1 aliphatic rings. The van der Waals surface area contributed by atoms with Gasteiger partial charge < -0.3 is 0 Å². The van der Waals surface area contributed by atoms with E-state index in [0.717, 1.165) is 0 Å². The second-order valence-corrected chi connectivity index (χ2v) is 2.17. The minimum atomic E-state index is -3.40. The Kier molecular flexibility index (Phi) is 1.19. The first-order chi connectivity index (χ1) is 3.52. The van der Waals surface area contributed by atoms with Gasteiger partial charge >= 0.3 is 5.38 Å². The lowest BCUT2D eigenvalue weighted by Gasteiger charge is -2.01. The summed E-state index contributed by atoms with van der Waals surface area (Å²) in [6, 6.07) is 0. The average Bonchev–Trinajstić information content (AvgIpc) is 2.13. The van der Waals surface area contributed by atoms with Crippen LogP contribution >= 0.6 is 11.6 Å². The molecule has 0 aromatic carbocycles. The zero-order chi connectivity index (χ0) is 6.36. The Balaban J connectivity index is 2.39. The molecule has 1 aliphatic carbocycles. The first kappa shape index (κ1) is 6.20. The van der Waals surface area contributed by atoms with Crippen LogP contribution in [0.5, 0.6) is 0 Å². The van der Waals surface area contributed by atoms with Crippen molar-refractivity contribution in [3.8, 4) is 0 Å². The van der Waals surface area contributed by atoms with Gasteiger partial charge in [-0.05, 0) is 18.0 Å². The highest BCUT2D eigenvalue weighted by atomic mass is 35.5. The lowest BCUT2D eigenvalue weighted by molar-refractivity contribution is 0.121. The summed E-state index contributed by atoms with van der Waals surface area (Å²) < 4.78 is 35.0. The third kappa shape index (κ3) is 1.08. The van der Waals surface area contributed by atoms with E-state index in [-0.39, 0.29) is 6.42 Å². The van der Waals surface area contributed by atoms with Crippen LogP contribution < -0.4 is 0 Å². The predicted octanol–water partition coefficient (Wildman–Crippen LogP) is 2.13. The molecule has 1 saturated carbocycles. The predicted molar refractivity (Wildman–Crippen MR) is 23.6 cm³/mol. The topological polar surface area (TPSA) is 0 Å². The lowest BCUT2D eigenvalue weighted by Crippen LogP contribution is -2.08. The summed E-state index contributed by atoms with van der Waals surface area (Å²) in [5.41, 5.74) is 0. The Bertz CT molecular complexity index is 97.9. The van der Waals surface area contributed by atoms with Crippen LogP contribution in [0.3, 0.4) is 0 Å². The standard InChI is InChI=1S/C4H3ClF3/c5-4(7,8)2-1-3(2)6/h3H,1H2. The molecule has 1 radical (unpaired) electrons. The molecule has 1 unspecified atom stereocenters. The van der Waals surface area contributed by atoms with Crippen LogP contribution in [0, 0.1) is 5.92 Å².